The van der Waals surface area contributed by atoms with Gasteiger partial charge in [-0.25, -0.2) is 9.78 Å². The Labute approximate surface area is 186 Å². The van der Waals surface area contributed by atoms with E-state index in [1.807, 2.05) is 15.9 Å². The Balaban J connectivity index is 1.23. The third kappa shape index (κ3) is 4.19. The standard InChI is InChI=1S/C23H28N4O3S/c28-22(29)18-13-25(14-18)15-20-24-12-21(31-20)27-10-9-26(23(27)30)19-8-4-7-17(11-19)16-5-2-1-3-6-16/h4,7-8,11-12,16,18H,1-3,5-6,9-10,13-15H2,(H,28,29). The zero-order chi connectivity index (χ0) is 21.4. The largest absolute Gasteiger partial charge is 0.481 e. The molecule has 8 heteroatoms. The number of thiazole rings is 1. The summed E-state index contributed by atoms with van der Waals surface area (Å²) in [7, 11) is 0. The molecule has 1 aromatic carbocycles. The molecule has 0 bridgehead atoms. The van der Waals surface area contributed by atoms with Gasteiger partial charge in [0.2, 0.25) is 0 Å². The number of carboxylic acids is 1. The number of aromatic nitrogens is 1. The van der Waals surface area contributed by atoms with E-state index in [9.17, 15) is 9.59 Å². The Hall–Kier alpha value is -2.45. The van der Waals surface area contributed by atoms with E-state index in [1.165, 1.54) is 49.0 Å². The molecular formula is C23H28N4O3S. The lowest BCUT2D eigenvalue weighted by Gasteiger charge is -2.35. The molecule has 0 unspecified atom stereocenters. The minimum absolute atomic E-state index is 0.00545. The van der Waals surface area contributed by atoms with Gasteiger partial charge in [0.25, 0.3) is 0 Å². The maximum atomic E-state index is 13.2. The predicted molar refractivity (Wildman–Crippen MR) is 121 cm³/mol. The number of benzene rings is 1. The highest BCUT2D eigenvalue weighted by molar-refractivity contribution is 7.15. The summed E-state index contributed by atoms with van der Waals surface area (Å²) in [6.45, 7) is 3.10. The number of anilines is 2. The van der Waals surface area contributed by atoms with Crippen molar-refractivity contribution in [1.29, 1.82) is 0 Å². The molecular weight excluding hydrogens is 412 g/mol. The zero-order valence-electron chi connectivity index (χ0n) is 17.6. The van der Waals surface area contributed by atoms with Crippen LogP contribution in [0.1, 0.15) is 48.6 Å². The number of rotatable bonds is 6. The van der Waals surface area contributed by atoms with Crippen LogP contribution in [0.4, 0.5) is 15.5 Å². The van der Waals surface area contributed by atoms with Crippen molar-refractivity contribution in [2.75, 3.05) is 36.0 Å². The van der Waals surface area contributed by atoms with E-state index in [-0.39, 0.29) is 11.9 Å². The van der Waals surface area contributed by atoms with Crippen LogP contribution in [0.5, 0.6) is 0 Å². The lowest BCUT2D eigenvalue weighted by atomic mass is 9.84. The van der Waals surface area contributed by atoms with Crippen LogP contribution in [0, 0.1) is 5.92 Å². The van der Waals surface area contributed by atoms with Crippen LogP contribution in [0.3, 0.4) is 0 Å². The Bertz CT molecular complexity index is 965. The van der Waals surface area contributed by atoms with Gasteiger partial charge >= 0.3 is 12.0 Å². The smallest absolute Gasteiger partial charge is 0.329 e. The molecule has 3 fully saturated rings. The van der Waals surface area contributed by atoms with Crippen LogP contribution in [0.25, 0.3) is 0 Å². The summed E-state index contributed by atoms with van der Waals surface area (Å²) in [5.74, 6) is -0.377. The molecule has 7 nitrogen and oxygen atoms in total. The average molecular weight is 441 g/mol. The maximum Gasteiger partial charge on any atom is 0.329 e. The van der Waals surface area contributed by atoms with Crippen molar-refractivity contribution >= 4 is 34.0 Å². The first-order valence-corrected chi connectivity index (χ1v) is 12.0. The van der Waals surface area contributed by atoms with E-state index in [0.29, 0.717) is 38.6 Å². The molecule has 1 saturated carbocycles. The molecule has 1 aliphatic carbocycles. The molecule has 2 aliphatic heterocycles. The SMILES string of the molecule is O=C(O)C1CN(Cc2ncc(N3CCN(c4cccc(C5CCCCC5)c4)C3=O)s2)C1. The molecule has 31 heavy (non-hydrogen) atoms. The molecule has 0 spiro atoms. The van der Waals surface area contributed by atoms with Gasteiger partial charge in [0.1, 0.15) is 10.0 Å². The van der Waals surface area contributed by atoms with Gasteiger partial charge in [-0.05, 0) is 36.5 Å². The van der Waals surface area contributed by atoms with Crippen LogP contribution in [-0.2, 0) is 11.3 Å². The first kappa shape index (κ1) is 20.5. The number of urea groups is 1. The van der Waals surface area contributed by atoms with Gasteiger partial charge in [0.15, 0.2) is 0 Å². The van der Waals surface area contributed by atoms with E-state index < -0.39 is 5.97 Å². The molecule has 1 aromatic heterocycles. The number of nitrogens with zero attached hydrogens (tertiary/aromatic N) is 4. The fraction of sp³-hybridized carbons (Fsp3) is 0.522. The number of hydrogen-bond acceptors (Lipinski definition) is 5. The zero-order valence-corrected chi connectivity index (χ0v) is 18.4. The van der Waals surface area contributed by atoms with E-state index in [1.54, 1.807) is 6.20 Å². The van der Waals surface area contributed by atoms with E-state index in [4.69, 9.17) is 5.11 Å². The Kier molecular flexibility index (Phi) is 5.67. The highest BCUT2D eigenvalue weighted by Crippen LogP contribution is 2.35. The number of hydrogen-bond donors (Lipinski definition) is 1. The minimum Gasteiger partial charge on any atom is -0.481 e. The van der Waals surface area contributed by atoms with Gasteiger partial charge in [-0.3, -0.25) is 19.5 Å². The van der Waals surface area contributed by atoms with Gasteiger partial charge in [0.05, 0.1) is 18.7 Å². The molecule has 1 N–H and O–H groups in total. The van der Waals surface area contributed by atoms with Gasteiger partial charge < -0.3 is 5.11 Å². The number of carbonyl (C=O) groups excluding carboxylic acids is 1. The molecule has 5 rings (SSSR count). The van der Waals surface area contributed by atoms with E-state index in [2.05, 4.69) is 28.1 Å². The van der Waals surface area contributed by atoms with Crippen LogP contribution in [-0.4, -0.2) is 53.2 Å². The number of carboxylic acid groups (broad SMARTS) is 1. The summed E-state index contributed by atoms with van der Waals surface area (Å²) in [5, 5.41) is 10.8. The van der Waals surface area contributed by atoms with Crippen LogP contribution >= 0.6 is 11.3 Å². The molecule has 164 valence electrons. The molecule has 0 atom stereocenters. The van der Waals surface area contributed by atoms with Crippen molar-refractivity contribution in [2.24, 2.45) is 5.92 Å². The van der Waals surface area contributed by atoms with Crippen LogP contribution in [0.15, 0.2) is 30.5 Å². The summed E-state index contributed by atoms with van der Waals surface area (Å²) in [6, 6.07) is 8.54. The monoisotopic (exact) mass is 440 g/mol. The van der Waals surface area contributed by atoms with Crippen LogP contribution in [0.2, 0.25) is 0 Å². The number of carbonyl (C=O) groups is 2. The summed E-state index contributed by atoms with van der Waals surface area (Å²) in [6.07, 6.45) is 8.20. The van der Waals surface area contributed by atoms with E-state index >= 15 is 0 Å². The summed E-state index contributed by atoms with van der Waals surface area (Å²) in [4.78, 5) is 34.4. The fourth-order valence-electron chi connectivity index (χ4n) is 4.91. The highest BCUT2D eigenvalue weighted by atomic mass is 32.1. The van der Waals surface area contributed by atoms with Gasteiger partial charge in [-0.1, -0.05) is 42.7 Å². The molecule has 3 aliphatic rings. The van der Waals surface area contributed by atoms with Gasteiger partial charge in [-0.15, -0.1) is 0 Å². The number of likely N-dealkylation sites (tertiary alicyclic amines) is 1. The quantitative estimate of drug-likeness (QED) is 0.730. The first-order valence-electron chi connectivity index (χ1n) is 11.2. The predicted octanol–water partition coefficient (Wildman–Crippen LogP) is 4.15. The van der Waals surface area contributed by atoms with Gasteiger partial charge in [-0.2, -0.15) is 0 Å². The Morgan fingerprint density at radius 1 is 1.13 bits per heavy atom. The minimum atomic E-state index is -0.730. The van der Waals surface area contributed by atoms with Gasteiger partial charge in [0, 0.05) is 31.9 Å². The van der Waals surface area contributed by atoms with Crippen LogP contribution < -0.4 is 9.80 Å². The van der Waals surface area contributed by atoms with Crippen molar-refractivity contribution in [1.82, 2.24) is 9.88 Å². The Morgan fingerprint density at radius 3 is 2.68 bits per heavy atom. The normalized spacial score (nSPS) is 21.0. The van der Waals surface area contributed by atoms with Crippen molar-refractivity contribution in [3.63, 3.8) is 0 Å². The number of aliphatic carboxylic acids is 1. The second-order valence-electron chi connectivity index (χ2n) is 8.84. The summed E-state index contributed by atoms with van der Waals surface area (Å²) in [5.41, 5.74) is 2.35. The third-order valence-corrected chi connectivity index (χ3v) is 7.75. The molecule has 2 saturated heterocycles. The lowest BCUT2D eigenvalue weighted by Crippen LogP contribution is -2.49. The molecule has 3 heterocycles. The second kappa shape index (κ2) is 8.59. The third-order valence-electron chi connectivity index (χ3n) is 6.74. The van der Waals surface area contributed by atoms with Crippen molar-refractivity contribution < 1.29 is 14.7 Å². The average Bonchev–Trinajstić information content (AvgIpc) is 3.37. The van der Waals surface area contributed by atoms with Crippen molar-refractivity contribution in [2.45, 2.75) is 44.6 Å². The first-order chi connectivity index (χ1) is 15.1. The molecule has 0 radical (unpaired) electrons. The Morgan fingerprint density at radius 2 is 1.90 bits per heavy atom. The maximum absolute atomic E-state index is 13.2. The lowest BCUT2D eigenvalue weighted by molar-refractivity contribution is -0.147. The number of amides is 2. The summed E-state index contributed by atoms with van der Waals surface area (Å²) < 4.78 is 0. The topological polar surface area (TPSA) is 77.0 Å². The summed E-state index contributed by atoms with van der Waals surface area (Å²) >= 11 is 1.52. The highest BCUT2D eigenvalue weighted by Gasteiger charge is 2.34. The molecule has 2 aromatic rings. The second-order valence-corrected chi connectivity index (χ2v) is 9.93. The fourth-order valence-corrected chi connectivity index (χ4v) is 5.89. The van der Waals surface area contributed by atoms with E-state index in [0.717, 1.165) is 15.7 Å². The molecule has 2 amide bonds. The van der Waals surface area contributed by atoms with Crippen molar-refractivity contribution in [3.05, 3.63) is 41.0 Å². The van der Waals surface area contributed by atoms with Crippen molar-refractivity contribution in [3.8, 4) is 0 Å².